The number of thiophene rings is 1. The van der Waals surface area contributed by atoms with Crippen LogP contribution < -0.4 is 0 Å². The van der Waals surface area contributed by atoms with Crippen LogP contribution in [0.1, 0.15) is 12.8 Å². The van der Waals surface area contributed by atoms with E-state index in [0.717, 1.165) is 39.0 Å². The standard InChI is InChI=1S/2C5H5N.2C4H4N2.4C4H5N.2C4H4O.C4H4S.4C3H4N2.C3H3NO.3C3H3NS.C2H2N2O.C2H2N2S/c2*1-2-4-6-5-3-1;1-2-6-4-3-5-1;1-2-4-6-5-3-1;7*1-2-4-5-3-1;1-2-5-3-4-1;3*1-2-4-5-3-1;3*1-2-5-3-4-1;1-2-4-5-3-1;2*1-3-4-2-5-1/h2*1-5H;2*1-4H;2*1,3-4H,2H2;2*1-5H;3*1-4H;1,3H,2H2;3*1-2H,3H2;4*1-3H;2*1-2H. The van der Waals surface area contributed by atoms with Crippen molar-refractivity contribution < 1.29 is 17.7 Å². The number of allylic oxidation sites excluding steroid dienone is 2. The number of thiazole rings is 2. The smallest absolute Gasteiger partial charge is 0.203 e. The van der Waals surface area contributed by atoms with E-state index in [-0.39, 0.29) is 0 Å². The first kappa shape index (κ1) is 93.3. The van der Waals surface area contributed by atoms with Crippen molar-refractivity contribution in [2.75, 3.05) is 26.2 Å². The molecule has 15 aromatic rings. The van der Waals surface area contributed by atoms with Crippen molar-refractivity contribution in [1.29, 1.82) is 0 Å². The average Bonchev–Trinajstić information content (AvgIpc) is 4.67. The summed E-state index contributed by atoms with van der Waals surface area (Å²) in [6.07, 6.45) is 70.7. The van der Waals surface area contributed by atoms with Crippen molar-refractivity contribution >= 4 is 81.9 Å². The van der Waals surface area contributed by atoms with Gasteiger partial charge in [-0.25, -0.2) is 14.3 Å². The van der Waals surface area contributed by atoms with Gasteiger partial charge >= 0.3 is 0 Å². The van der Waals surface area contributed by atoms with Crippen molar-refractivity contribution in [2.24, 2.45) is 50.7 Å². The van der Waals surface area contributed by atoms with Crippen LogP contribution in [0.15, 0.2) is 456 Å². The number of nitrogens with zero attached hydrogens (tertiary/aromatic N) is 24. The minimum absolute atomic E-state index is 0.778. The molecule has 0 spiro atoms. The molecule has 2 N–H and O–H groups in total. The van der Waals surface area contributed by atoms with Gasteiger partial charge in [-0.2, -0.15) is 52.2 Å². The van der Waals surface area contributed by atoms with Gasteiger partial charge in [0.2, 0.25) is 12.8 Å². The van der Waals surface area contributed by atoms with Gasteiger partial charge in [-0.15, -0.1) is 54.4 Å². The van der Waals surface area contributed by atoms with E-state index in [9.17, 15) is 0 Å². The summed E-state index contributed by atoms with van der Waals surface area (Å²) in [7, 11) is 0. The highest BCUT2D eigenvalue weighted by atomic mass is 32.1. The lowest BCUT2D eigenvalue weighted by Gasteiger charge is -1.70. The molecule has 6 aliphatic heterocycles. The fourth-order valence-electron chi connectivity index (χ4n) is 4.89. The van der Waals surface area contributed by atoms with E-state index in [1.807, 2.05) is 210 Å². The summed E-state index contributed by atoms with van der Waals surface area (Å²) in [4.78, 5) is 46.7. The van der Waals surface area contributed by atoms with Gasteiger partial charge in [0.15, 0.2) is 6.39 Å². The van der Waals surface area contributed by atoms with E-state index >= 15 is 0 Å². The number of aliphatic imine (C=N–C) groups is 4. The van der Waals surface area contributed by atoms with Gasteiger partial charge in [-0.1, -0.05) is 36.4 Å². The minimum atomic E-state index is 0.778. The Balaban J connectivity index is 0.000000572. The van der Waals surface area contributed by atoms with E-state index in [0.29, 0.717) is 0 Å². The lowest BCUT2D eigenvalue weighted by atomic mass is 10.5. The maximum atomic E-state index is 4.58. The van der Waals surface area contributed by atoms with Gasteiger partial charge in [-0.3, -0.25) is 44.9 Å². The van der Waals surface area contributed by atoms with Crippen LogP contribution in [0, 0.1) is 0 Å². The lowest BCUT2D eigenvalue weighted by Crippen LogP contribution is -1.69. The molecule has 21 heterocycles. The van der Waals surface area contributed by atoms with Crippen LogP contribution in [-0.4, -0.2) is 131 Å². The Hall–Kier alpha value is -13.7. The third-order valence-corrected chi connectivity index (χ3v) is 11.8. The summed E-state index contributed by atoms with van der Waals surface area (Å²) in [6, 6.07) is 36.1. The van der Waals surface area contributed by atoms with Crippen molar-refractivity contribution in [3.63, 3.8) is 0 Å². The molecule has 0 radical (unpaired) electrons. The Labute approximate surface area is 652 Å². The number of rotatable bonds is 0. The topological polar surface area (TPSA) is 388 Å². The summed E-state index contributed by atoms with van der Waals surface area (Å²) < 4.78 is 21.8. The molecule has 0 amide bonds. The molecule has 109 heavy (non-hydrogen) atoms. The minimum Gasteiger partial charge on any atom is -0.473 e. The van der Waals surface area contributed by atoms with Crippen LogP contribution >= 0.6 is 56.9 Å². The first-order chi connectivity index (χ1) is 54.5. The Bertz CT molecular complexity index is 2990. The summed E-state index contributed by atoms with van der Waals surface area (Å²) in [5.41, 5.74) is 6.94. The van der Waals surface area contributed by atoms with Gasteiger partial charge in [0, 0.05) is 184 Å². The SMILES string of the molecule is C1=CN=CC1.C1=CN=CC1.C1=CN=NC1.C1=CN=NC1.C1=CN=NC1.C1=NC=NC1.c1cc[nH]c1.c1cc[nH]c1.c1ccncc1.c1ccncc1.c1ccnnc1.c1ccoc1.c1ccoc1.c1ccsc1.c1cnccn1.c1cnsc1.c1cocn1.c1cscn1.c1cscn1.c1nnco1.c1nncs1. The maximum absolute atomic E-state index is 4.58. The number of azo groups is 3. The van der Waals surface area contributed by atoms with Gasteiger partial charge < -0.3 is 27.6 Å². The molecule has 30 nitrogen and oxygen atoms in total. The Morgan fingerprint density at radius 3 is 0.881 bits per heavy atom. The first-order valence-electron chi connectivity index (χ1n) is 31.7. The van der Waals surface area contributed by atoms with E-state index in [1.54, 1.807) is 211 Å². The normalized spacial score (nSPS) is 10.6. The predicted molar refractivity (Wildman–Crippen MR) is 436 cm³/mol. The van der Waals surface area contributed by atoms with Gasteiger partial charge in [-0.05, 0) is 132 Å². The van der Waals surface area contributed by atoms with Crippen molar-refractivity contribution in [2.45, 2.75) is 12.8 Å². The zero-order valence-corrected chi connectivity index (χ0v) is 63.0. The van der Waals surface area contributed by atoms with E-state index in [2.05, 4.69) is 148 Å². The van der Waals surface area contributed by atoms with Crippen LogP contribution in [0.2, 0.25) is 0 Å². The zero-order chi connectivity index (χ0) is 77.1. The number of nitrogens with one attached hydrogen (secondary N) is 2. The Kier molecular flexibility index (Phi) is 77.3. The second-order valence-corrected chi connectivity index (χ2v) is 20.8. The summed E-state index contributed by atoms with van der Waals surface area (Å²) in [5.74, 6) is 0. The number of hydrogen-bond donors (Lipinski definition) is 2. The Morgan fingerprint density at radius 1 is 0.275 bits per heavy atom. The van der Waals surface area contributed by atoms with E-state index in [4.69, 9.17) is 0 Å². The fraction of sp³-hybridized carbons (Fsp3) is 0.0811. The molecular weight excluding hydrogens is 1480 g/mol. The number of furan rings is 2. The van der Waals surface area contributed by atoms with Crippen LogP contribution in [0.5, 0.6) is 0 Å². The fourth-order valence-corrected chi connectivity index (χ4v) is 6.67. The van der Waals surface area contributed by atoms with Crippen molar-refractivity contribution in [1.82, 2.24) is 79.8 Å². The molecule has 0 fully saturated rings. The quantitative estimate of drug-likeness (QED) is 0.142. The maximum Gasteiger partial charge on any atom is 0.203 e. The number of H-pyrrole nitrogens is 2. The number of aromatic nitrogens is 16. The van der Waals surface area contributed by atoms with Gasteiger partial charge in [0.25, 0.3) is 0 Å². The Morgan fingerprint density at radius 2 is 0.752 bits per heavy atom. The van der Waals surface area contributed by atoms with Crippen molar-refractivity contribution in [3.8, 4) is 0 Å². The summed E-state index contributed by atoms with van der Waals surface area (Å²) >= 11 is 7.87. The monoisotopic (exact) mass is 1560 g/mol. The molecule has 0 aliphatic carbocycles. The van der Waals surface area contributed by atoms with Crippen LogP contribution in [-0.2, 0) is 0 Å². The third kappa shape index (κ3) is 88.4. The molecule has 0 saturated heterocycles. The van der Waals surface area contributed by atoms with Crippen LogP contribution in [0.25, 0.3) is 0 Å². The molecule has 0 aromatic carbocycles. The molecule has 0 unspecified atom stereocenters. The second-order valence-electron chi connectivity index (χ2n) is 17.1. The molecule has 15 aromatic heterocycles. The second kappa shape index (κ2) is 90.3. The van der Waals surface area contributed by atoms with Gasteiger partial charge in [0.1, 0.15) is 23.6 Å². The number of pyridine rings is 2. The zero-order valence-electron chi connectivity index (χ0n) is 58.9. The number of hydrogen-bond acceptors (Lipinski definition) is 33. The van der Waals surface area contributed by atoms with Crippen molar-refractivity contribution in [3.05, 3.63) is 388 Å². The number of oxazole rings is 1. The van der Waals surface area contributed by atoms with Gasteiger partial charge in [0.05, 0.1) is 68.4 Å². The molecule has 6 aliphatic rings. The molecule has 0 bridgehead atoms. The summed E-state index contributed by atoms with van der Waals surface area (Å²) in [6.45, 7) is 3.11. The predicted octanol–water partition coefficient (Wildman–Crippen LogP) is 19.1. The molecule has 35 heteroatoms. The van der Waals surface area contributed by atoms with Crippen LogP contribution in [0.4, 0.5) is 0 Å². The highest BCUT2D eigenvalue weighted by Crippen LogP contribution is 1.93. The molecule has 0 atom stereocenters. The number of aromatic amines is 2. The van der Waals surface area contributed by atoms with Crippen LogP contribution in [0.3, 0.4) is 0 Å². The molecule has 21 rings (SSSR count). The largest absolute Gasteiger partial charge is 0.473 e. The van der Waals surface area contributed by atoms with E-state index in [1.165, 1.54) is 48.3 Å². The molecule has 0 saturated carbocycles. The summed E-state index contributed by atoms with van der Waals surface area (Å²) in [5, 5.41) is 51.9. The first-order valence-corrected chi connectivity index (χ1v) is 36.4. The lowest BCUT2D eigenvalue weighted by molar-refractivity contribution is 0.553. The molecule has 562 valence electrons. The molecular formula is C74H82N26O4S5. The highest BCUT2D eigenvalue weighted by molar-refractivity contribution is 7.08. The average molecular weight is 1560 g/mol. The third-order valence-electron chi connectivity index (χ3n) is 9.16. The highest BCUT2D eigenvalue weighted by Gasteiger charge is 1.78. The van der Waals surface area contributed by atoms with E-state index < -0.39 is 0 Å².